The van der Waals surface area contributed by atoms with Crippen molar-refractivity contribution in [3.8, 4) is 11.5 Å². The van der Waals surface area contributed by atoms with E-state index in [-0.39, 0.29) is 17.0 Å². The fraction of sp³-hybridized carbons (Fsp3) is 0. The van der Waals surface area contributed by atoms with Gasteiger partial charge in [-0.1, -0.05) is 22.0 Å². The lowest BCUT2D eigenvalue weighted by atomic mass is 10.1. The van der Waals surface area contributed by atoms with Gasteiger partial charge in [-0.05, 0) is 24.3 Å². The van der Waals surface area contributed by atoms with Gasteiger partial charge in [-0.3, -0.25) is 14.9 Å². The lowest BCUT2D eigenvalue weighted by molar-refractivity contribution is -0.384. The van der Waals surface area contributed by atoms with Crippen molar-refractivity contribution in [2.75, 3.05) is 5.32 Å². The predicted molar refractivity (Wildman–Crippen MR) is 78.5 cm³/mol. The zero-order valence-corrected chi connectivity index (χ0v) is 12.0. The van der Waals surface area contributed by atoms with Gasteiger partial charge in [0.05, 0.1) is 10.5 Å². The summed E-state index contributed by atoms with van der Waals surface area (Å²) in [6.07, 6.45) is 0. The van der Waals surface area contributed by atoms with E-state index in [9.17, 15) is 25.1 Å². The smallest absolute Gasteiger partial charge is 0.296 e. The number of anilines is 1. The lowest BCUT2D eigenvalue weighted by Crippen LogP contribution is -2.13. The number of aromatic hydroxyl groups is 2. The molecule has 1 amide bonds. The second-order valence-electron chi connectivity index (χ2n) is 4.04. The average molecular weight is 353 g/mol. The maximum atomic E-state index is 12.1. The summed E-state index contributed by atoms with van der Waals surface area (Å²) in [6.45, 7) is 0. The van der Waals surface area contributed by atoms with Crippen LogP contribution in [0.2, 0.25) is 0 Å². The molecular formula is C13H9BrN2O5. The van der Waals surface area contributed by atoms with Gasteiger partial charge in [0.1, 0.15) is 11.5 Å². The Morgan fingerprint density at radius 2 is 1.90 bits per heavy atom. The van der Waals surface area contributed by atoms with E-state index in [1.165, 1.54) is 30.3 Å². The van der Waals surface area contributed by atoms with E-state index in [0.29, 0.717) is 4.47 Å². The van der Waals surface area contributed by atoms with E-state index in [4.69, 9.17) is 0 Å². The van der Waals surface area contributed by atoms with Gasteiger partial charge >= 0.3 is 0 Å². The summed E-state index contributed by atoms with van der Waals surface area (Å²) in [5.74, 6) is -1.50. The molecule has 0 atom stereocenters. The summed E-state index contributed by atoms with van der Waals surface area (Å²) in [5, 5.41) is 32.5. The van der Waals surface area contributed by atoms with Crippen molar-refractivity contribution < 1.29 is 19.9 Å². The zero-order valence-electron chi connectivity index (χ0n) is 10.4. The van der Waals surface area contributed by atoms with Gasteiger partial charge in [-0.15, -0.1) is 0 Å². The molecule has 0 unspecified atom stereocenters. The summed E-state index contributed by atoms with van der Waals surface area (Å²) in [4.78, 5) is 22.2. The number of phenols is 2. The molecule has 2 rings (SSSR count). The Hall–Kier alpha value is -2.61. The molecule has 0 saturated heterocycles. The molecule has 0 heterocycles. The van der Waals surface area contributed by atoms with E-state index in [0.717, 1.165) is 6.07 Å². The summed E-state index contributed by atoms with van der Waals surface area (Å²) >= 11 is 3.13. The predicted octanol–water partition coefficient (Wildman–Crippen LogP) is 3.02. The minimum Gasteiger partial charge on any atom is -0.507 e. The molecule has 0 radical (unpaired) electrons. The molecule has 8 heteroatoms. The Labute approximate surface area is 127 Å². The standard InChI is InChI=1S/C13H9BrN2O5/c14-7-4-5-8(11(18)6-7)13(19)15-12-9(16(20)21)2-1-3-10(12)17/h1-6,17-18H,(H,15,19). The van der Waals surface area contributed by atoms with Crippen molar-refractivity contribution in [2.24, 2.45) is 0 Å². The third-order valence-corrected chi connectivity index (χ3v) is 3.15. The molecule has 7 nitrogen and oxygen atoms in total. The van der Waals surface area contributed by atoms with Crippen molar-refractivity contribution in [3.63, 3.8) is 0 Å². The minimum absolute atomic E-state index is 0.0734. The van der Waals surface area contributed by atoms with Crippen LogP contribution < -0.4 is 5.32 Å². The molecule has 0 aliphatic heterocycles. The van der Waals surface area contributed by atoms with E-state index in [2.05, 4.69) is 21.2 Å². The number of nitrogens with zero attached hydrogens (tertiary/aromatic N) is 1. The molecule has 0 bridgehead atoms. The quantitative estimate of drug-likeness (QED) is 0.446. The highest BCUT2D eigenvalue weighted by Gasteiger charge is 2.21. The Balaban J connectivity index is 2.38. The number of phenolic OH excluding ortho intramolecular Hbond substituents is 2. The Kier molecular flexibility index (Phi) is 4.08. The summed E-state index contributed by atoms with van der Waals surface area (Å²) < 4.78 is 0.574. The van der Waals surface area contributed by atoms with Crippen LogP contribution in [0.4, 0.5) is 11.4 Å². The SMILES string of the molecule is O=C(Nc1c(O)cccc1[N+](=O)[O-])c1ccc(Br)cc1O. The number of hydrogen-bond donors (Lipinski definition) is 3. The van der Waals surface area contributed by atoms with Crippen molar-refractivity contribution in [3.05, 3.63) is 56.5 Å². The van der Waals surface area contributed by atoms with Crippen molar-refractivity contribution >= 4 is 33.2 Å². The molecule has 0 aromatic heterocycles. The number of benzene rings is 2. The number of para-hydroxylation sites is 1. The third-order valence-electron chi connectivity index (χ3n) is 2.66. The second kappa shape index (κ2) is 5.80. The molecule has 0 aliphatic rings. The number of amides is 1. The number of halogens is 1. The molecule has 3 N–H and O–H groups in total. The monoisotopic (exact) mass is 352 g/mol. The van der Waals surface area contributed by atoms with E-state index in [1.54, 1.807) is 0 Å². The van der Waals surface area contributed by atoms with E-state index < -0.39 is 22.3 Å². The zero-order chi connectivity index (χ0) is 15.6. The van der Waals surface area contributed by atoms with Crippen LogP contribution >= 0.6 is 15.9 Å². The fourth-order valence-corrected chi connectivity index (χ4v) is 2.04. The first-order valence-electron chi connectivity index (χ1n) is 5.66. The van der Waals surface area contributed by atoms with E-state index >= 15 is 0 Å². The topological polar surface area (TPSA) is 113 Å². The first-order chi connectivity index (χ1) is 9.90. The number of rotatable bonds is 3. The molecule has 0 spiro atoms. The van der Waals surface area contributed by atoms with Crippen LogP contribution in [0.15, 0.2) is 40.9 Å². The normalized spacial score (nSPS) is 10.1. The first-order valence-corrected chi connectivity index (χ1v) is 6.45. The molecule has 0 aliphatic carbocycles. The van der Waals surface area contributed by atoms with Gasteiger partial charge in [0.15, 0.2) is 5.69 Å². The van der Waals surface area contributed by atoms with Crippen LogP contribution in [-0.4, -0.2) is 21.0 Å². The molecule has 21 heavy (non-hydrogen) atoms. The van der Waals surface area contributed by atoms with Gasteiger partial charge in [0.2, 0.25) is 0 Å². The van der Waals surface area contributed by atoms with Gasteiger partial charge < -0.3 is 15.5 Å². The van der Waals surface area contributed by atoms with Crippen LogP contribution in [0.1, 0.15) is 10.4 Å². The van der Waals surface area contributed by atoms with Gasteiger partial charge in [-0.25, -0.2) is 0 Å². The van der Waals surface area contributed by atoms with Crippen molar-refractivity contribution in [1.82, 2.24) is 0 Å². The summed E-state index contributed by atoms with van der Waals surface area (Å²) in [6, 6.07) is 7.85. The number of nitrogens with one attached hydrogen (secondary N) is 1. The number of carbonyl (C=O) groups is 1. The second-order valence-corrected chi connectivity index (χ2v) is 4.96. The number of nitro groups is 1. The molecule has 0 fully saturated rings. The number of nitro benzene ring substituents is 1. The van der Waals surface area contributed by atoms with Crippen molar-refractivity contribution in [2.45, 2.75) is 0 Å². The Morgan fingerprint density at radius 3 is 2.52 bits per heavy atom. The molecule has 2 aromatic carbocycles. The largest absolute Gasteiger partial charge is 0.507 e. The number of hydrogen-bond acceptors (Lipinski definition) is 5. The maximum absolute atomic E-state index is 12.1. The van der Waals surface area contributed by atoms with Crippen LogP contribution in [0, 0.1) is 10.1 Å². The summed E-state index contributed by atoms with van der Waals surface area (Å²) in [7, 11) is 0. The Morgan fingerprint density at radius 1 is 1.19 bits per heavy atom. The van der Waals surface area contributed by atoms with E-state index in [1.807, 2.05) is 0 Å². The van der Waals surface area contributed by atoms with Gasteiger partial charge in [0, 0.05) is 10.5 Å². The van der Waals surface area contributed by atoms with Crippen LogP contribution in [0.25, 0.3) is 0 Å². The fourth-order valence-electron chi connectivity index (χ4n) is 1.69. The molecule has 108 valence electrons. The van der Waals surface area contributed by atoms with Crippen LogP contribution in [-0.2, 0) is 0 Å². The van der Waals surface area contributed by atoms with Crippen LogP contribution in [0.5, 0.6) is 11.5 Å². The average Bonchev–Trinajstić information content (AvgIpc) is 2.40. The molecular weight excluding hydrogens is 344 g/mol. The highest BCUT2D eigenvalue weighted by Crippen LogP contribution is 2.34. The molecule has 2 aromatic rings. The third kappa shape index (κ3) is 3.11. The first kappa shape index (κ1) is 14.8. The number of carbonyl (C=O) groups excluding carboxylic acids is 1. The van der Waals surface area contributed by atoms with Crippen molar-refractivity contribution in [1.29, 1.82) is 0 Å². The summed E-state index contributed by atoms with van der Waals surface area (Å²) in [5.41, 5.74) is -0.842. The Bertz CT molecular complexity index is 732. The minimum atomic E-state index is -0.774. The van der Waals surface area contributed by atoms with Crippen LogP contribution in [0.3, 0.4) is 0 Å². The van der Waals surface area contributed by atoms with Gasteiger partial charge in [0.25, 0.3) is 11.6 Å². The maximum Gasteiger partial charge on any atom is 0.296 e. The lowest BCUT2D eigenvalue weighted by Gasteiger charge is -2.09. The highest BCUT2D eigenvalue weighted by molar-refractivity contribution is 9.10. The van der Waals surface area contributed by atoms with Gasteiger partial charge in [-0.2, -0.15) is 0 Å². The highest BCUT2D eigenvalue weighted by atomic mass is 79.9. The molecule has 0 saturated carbocycles.